The Morgan fingerprint density at radius 3 is 2.56 bits per heavy atom. The predicted molar refractivity (Wildman–Crippen MR) is 129 cm³/mol. The molecule has 9 heteroatoms. The number of ether oxygens (including phenoxy) is 2. The lowest BCUT2D eigenvalue weighted by atomic mass is 10.2. The van der Waals surface area contributed by atoms with E-state index in [1.54, 1.807) is 36.4 Å². The van der Waals surface area contributed by atoms with Crippen LogP contribution in [-0.2, 0) is 11.4 Å². The van der Waals surface area contributed by atoms with Crippen LogP contribution in [0.3, 0.4) is 0 Å². The molecule has 0 spiro atoms. The zero-order valence-corrected chi connectivity index (χ0v) is 20.1. The molecular formula is C23H19BrClFN2O3S. The Hall–Kier alpha value is -2.55. The van der Waals surface area contributed by atoms with Crippen molar-refractivity contribution in [3.63, 3.8) is 0 Å². The first-order chi connectivity index (χ1) is 15.4. The third-order valence-electron chi connectivity index (χ3n) is 4.17. The highest BCUT2D eigenvalue weighted by Gasteiger charge is 2.10. The average molecular weight is 538 g/mol. The van der Waals surface area contributed by atoms with Gasteiger partial charge in [0, 0.05) is 20.0 Å². The molecule has 3 aromatic carbocycles. The normalized spacial score (nSPS) is 10.9. The van der Waals surface area contributed by atoms with Crippen molar-refractivity contribution in [3.05, 3.63) is 87.1 Å². The van der Waals surface area contributed by atoms with Gasteiger partial charge in [0.15, 0.2) is 11.5 Å². The Balaban J connectivity index is 1.57. The molecule has 0 aliphatic carbocycles. The van der Waals surface area contributed by atoms with Crippen LogP contribution in [0.25, 0.3) is 0 Å². The van der Waals surface area contributed by atoms with Gasteiger partial charge < -0.3 is 9.47 Å². The first-order valence-electron chi connectivity index (χ1n) is 9.39. The third-order valence-corrected chi connectivity index (χ3v) is 6.12. The summed E-state index contributed by atoms with van der Waals surface area (Å²) in [7, 11) is 1.53. The van der Waals surface area contributed by atoms with E-state index in [9.17, 15) is 9.18 Å². The quantitative estimate of drug-likeness (QED) is 0.204. The molecule has 0 atom stereocenters. The van der Waals surface area contributed by atoms with Crippen LogP contribution in [0.1, 0.15) is 11.1 Å². The number of rotatable bonds is 9. The number of hydrogen-bond donors (Lipinski definition) is 1. The fraction of sp³-hybridized carbons (Fsp3) is 0.130. The molecule has 0 saturated heterocycles. The molecule has 0 radical (unpaired) electrons. The summed E-state index contributed by atoms with van der Waals surface area (Å²) in [5, 5.41) is 4.66. The number of methoxy groups -OCH3 is 1. The highest BCUT2D eigenvalue weighted by molar-refractivity contribution is 9.10. The molecule has 0 heterocycles. The van der Waals surface area contributed by atoms with Crippen molar-refractivity contribution in [1.29, 1.82) is 0 Å². The van der Waals surface area contributed by atoms with Crippen molar-refractivity contribution < 1.29 is 18.7 Å². The van der Waals surface area contributed by atoms with Crippen LogP contribution >= 0.6 is 39.3 Å². The highest BCUT2D eigenvalue weighted by Crippen LogP contribution is 2.33. The van der Waals surface area contributed by atoms with E-state index in [0.29, 0.717) is 26.6 Å². The van der Waals surface area contributed by atoms with Crippen LogP contribution in [0.5, 0.6) is 11.5 Å². The Kier molecular flexibility index (Phi) is 8.96. The minimum Gasteiger partial charge on any atom is -0.493 e. The number of carbonyl (C=O) groups is 1. The first kappa shape index (κ1) is 24.1. The van der Waals surface area contributed by atoms with Gasteiger partial charge in [0.05, 0.1) is 19.1 Å². The van der Waals surface area contributed by atoms with E-state index in [-0.39, 0.29) is 24.1 Å². The van der Waals surface area contributed by atoms with Crippen LogP contribution < -0.4 is 14.9 Å². The maximum absolute atomic E-state index is 13.0. The lowest BCUT2D eigenvalue weighted by Gasteiger charge is -2.13. The second-order valence-electron chi connectivity index (χ2n) is 6.48. The molecule has 0 saturated carbocycles. The van der Waals surface area contributed by atoms with Crippen LogP contribution in [0.2, 0.25) is 5.02 Å². The highest BCUT2D eigenvalue weighted by atomic mass is 79.9. The largest absolute Gasteiger partial charge is 0.493 e. The summed E-state index contributed by atoms with van der Waals surface area (Å²) in [4.78, 5) is 13.0. The van der Waals surface area contributed by atoms with Crippen molar-refractivity contribution in [2.75, 3.05) is 12.9 Å². The van der Waals surface area contributed by atoms with Gasteiger partial charge in [-0.25, -0.2) is 9.82 Å². The summed E-state index contributed by atoms with van der Waals surface area (Å²) in [5.41, 5.74) is 4.03. The van der Waals surface area contributed by atoms with Crippen molar-refractivity contribution in [2.45, 2.75) is 11.5 Å². The van der Waals surface area contributed by atoms with E-state index >= 15 is 0 Å². The van der Waals surface area contributed by atoms with Crippen LogP contribution in [0.4, 0.5) is 4.39 Å². The van der Waals surface area contributed by atoms with E-state index in [4.69, 9.17) is 21.1 Å². The van der Waals surface area contributed by atoms with Gasteiger partial charge in [0.1, 0.15) is 12.4 Å². The Labute approximate surface area is 203 Å². The minimum absolute atomic E-state index is 0.222. The zero-order chi connectivity index (χ0) is 22.9. The topological polar surface area (TPSA) is 59.9 Å². The Morgan fingerprint density at radius 1 is 1.16 bits per heavy atom. The lowest BCUT2D eigenvalue weighted by molar-refractivity contribution is -0.118. The molecule has 3 rings (SSSR count). The molecule has 0 aliphatic rings. The molecule has 32 heavy (non-hydrogen) atoms. The number of halogens is 3. The molecule has 1 amide bonds. The maximum atomic E-state index is 13.0. The Morgan fingerprint density at radius 2 is 1.88 bits per heavy atom. The molecule has 3 aromatic rings. The van der Waals surface area contributed by atoms with Crippen molar-refractivity contribution >= 4 is 51.4 Å². The van der Waals surface area contributed by atoms with E-state index < -0.39 is 0 Å². The standard InChI is InChI=1S/C23H19BrClFN2O3S/c1-30-21-10-16(12-27-28-23(29)14-32-19-8-4-17(25)5-9-19)20(24)11-22(21)31-13-15-2-6-18(26)7-3-15/h2-12H,13-14H2,1H3,(H,28,29)/b27-12-. The predicted octanol–water partition coefficient (Wildman–Crippen LogP) is 6.07. The maximum Gasteiger partial charge on any atom is 0.250 e. The number of carbonyl (C=O) groups excluding carboxylic acids is 1. The Bertz CT molecular complexity index is 1100. The SMILES string of the molecule is COc1cc(/C=N\NC(=O)CSc2ccc(Cl)cc2)c(Br)cc1OCc1ccc(F)cc1. The van der Waals surface area contributed by atoms with E-state index in [1.165, 1.54) is 37.2 Å². The summed E-state index contributed by atoms with van der Waals surface area (Å²) < 4.78 is 25.0. The van der Waals surface area contributed by atoms with Crippen LogP contribution in [0.15, 0.2) is 75.1 Å². The number of nitrogens with one attached hydrogen (secondary N) is 1. The summed E-state index contributed by atoms with van der Waals surface area (Å²) in [6.07, 6.45) is 1.52. The van der Waals surface area contributed by atoms with Gasteiger partial charge in [-0.05, 0) is 70.0 Å². The van der Waals surface area contributed by atoms with Crippen LogP contribution in [0, 0.1) is 5.82 Å². The summed E-state index contributed by atoms with van der Waals surface area (Å²) in [6.45, 7) is 0.262. The molecule has 0 unspecified atom stereocenters. The van der Waals surface area contributed by atoms with E-state index in [2.05, 4.69) is 26.5 Å². The first-order valence-corrected chi connectivity index (χ1v) is 11.6. The van der Waals surface area contributed by atoms with Gasteiger partial charge in [-0.15, -0.1) is 11.8 Å². The number of benzene rings is 3. The molecule has 1 N–H and O–H groups in total. The van der Waals surface area contributed by atoms with Crippen molar-refractivity contribution in [2.24, 2.45) is 5.10 Å². The molecular weight excluding hydrogens is 519 g/mol. The summed E-state index contributed by atoms with van der Waals surface area (Å²) in [5.74, 6) is 0.710. The smallest absolute Gasteiger partial charge is 0.250 e. The number of hydrogen-bond acceptors (Lipinski definition) is 5. The molecule has 0 bridgehead atoms. The third kappa shape index (κ3) is 7.25. The monoisotopic (exact) mass is 536 g/mol. The molecule has 5 nitrogen and oxygen atoms in total. The molecule has 166 valence electrons. The minimum atomic E-state index is -0.298. The van der Waals surface area contributed by atoms with Gasteiger partial charge in [-0.3, -0.25) is 4.79 Å². The fourth-order valence-corrected chi connectivity index (χ4v) is 3.79. The zero-order valence-electron chi connectivity index (χ0n) is 17.0. The number of thioether (sulfide) groups is 1. The molecule has 0 aromatic heterocycles. The van der Waals surface area contributed by atoms with Crippen molar-refractivity contribution in [3.8, 4) is 11.5 Å². The van der Waals surface area contributed by atoms with Crippen molar-refractivity contribution in [1.82, 2.24) is 5.43 Å². The number of hydrazone groups is 1. The van der Waals surface area contributed by atoms with Gasteiger partial charge >= 0.3 is 0 Å². The summed E-state index contributed by atoms with van der Waals surface area (Å²) >= 11 is 10.7. The van der Waals surface area contributed by atoms with Gasteiger partial charge in [-0.1, -0.05) is 23.7 Å². The van der Waals surface area contributed by atoms with E-state index in [0.717, 1.165) is 10.5 Å². The van der Waals surface area contributed by atoms with Gasteiger partial charge in [-0.2, -0.15) is 5.10 Å². The second kappa shape index (κ2) is 11.9. The van der Waals surface area contributed by atoms with Gasteiger partial charge in [0.2, 0.25) is 5.91 Å². The van der Waals surface area contributed by atoms with E-state index in [1.807, 2.05) is 12.1 Å². The fourth-order valence-electron chi connectivity index (χ4n) is 2.55. The average Bonchev–Trinajstić information content (AvgIpc) is 2.79. The van der Waals surface area contributed by atoms with Crippen LogP contribution in [-0.4, -0.2) is 25.0 Å². The lowest BCUT2D eigenvalue weighted by Crippen LogP contribution is -2.19. The summed E-state index contributed by atoms with van der Waals surface area (Å²) in [6, 6.07) is 16.8. The molecule has 0 fully saturated rings. The molecule has 0 aliphatic heterocycles. The number of nitrogens with zero attached hydrogens (tertiary/aromatic N) is 1. The second-order valence-corrected chi connectivity index (χ2v) is 8.82. The van der Waals surface area contributed by atoms with Gasteiger partial charge in [0.25, 0.3) is 0 Å². The number of amides is 1.